The number of benzene rings is 1. The summed E-state index contributed by atoms with van der Waals surface area (Å²) >= 11 is 0. The number of alkyl carbamates (subject to hydrolysis) is 1. The number of para-hydroxylation sites is 1. The number of hydrogen-bond acceptors (Lipinski definition) is 3. The van der Waals surface area contributed by atoms with Crippen LogP contribution in [-0.4, -0.2) is 27.5 Å². The molecule has 1 aromatic heterocycles. The van der Waals surface area contributed by atoms with Gasteiger partial charge in [0.2, 0.25) is 0 Å². The maximum Gasteiger partial charge on any atom is 0.407 e. The van der Waals surface area contributed by atoms with Crippen LogP contribution in [0.3, 0.4) is 0 Å². The molecule has 1 saturated carbocycles. The van der Waals surface area contributed by atoms with Gasteiger partial charge >= 0.3 is 6.09 Å². The molecule has 1 aromatic carbocycles. The third-order valence-electron chi connectivity index (χ3n) is 4.49. The monoisotopic (exact) mass is 329 g/mol. The lowest BCUT2D eigenvalue weighted by Crippen LogP contribution is -2.42. The zero-order valence-corrected chi connectivity index (χ0v) is 14.8. The Balaban J connectivity index is 1.58. The number of carbonyl (C=O) groups is 1. The number of nitrogens with one attached hydrogen (secondary N) is 1. The molecule has 2 unspecified atom stereocenters. The molecule has 1 heterocycles. The van der Waals surface area contributed by atoms with Gasteiger partial charge in [0.15, 0.2) is 0 Å². The Kier molecular flexibility index (Phi) is 4.78. The maximum absolute atomic E-state index is 12.0. The van der Waals surface area contributed by atoms with Gasteiger partial charge in [-0.1, -0.05) is 24.6 Å². The van der Waals surface area contributed by atoms with Gasteiger partial charge in [-0.25, -0.2) is 4.79 Å². The zero-order valence-electron chi connectivity index (χ0n) is 14.8. The molecule has 5 heteroatoms. The van der Waals surface area contributed by atoms with E-state index in [-0.39, 0.29) is 12.1 Å². The Bertz CT molecular complexity index is 702. The average molecular weight is 329 g/mol. The number of ether oxygens (including phenoxy) is 1. The first-order valence-corrected chi connectivity index (χ1v) is 8.81. The van der Waals surface area contributed by atoms with Crippen LogP contribution in [0.5, 0.6) is 0 Å². The first-order chi connectivity index (χ1) is 11.4. The molecule has 1 N–H and O–H groups in total. The Labute approximate surface area is 143 Å². The van der Waals surface area contributed by atoms with Crippen LogP contribution in [0.2, 0.25) is 0 Å². The third-order valence-corrected chi connectivity index (χ3v) is 4.49. The number of aromatic nitrogens is 2. The fourth-order valence-corrected chi connectivity index (χ4v) is 3.48. The Morgan fingerprint density at radius 2 is 2.12 bits per heavy atom. The van der Waals surface area contributed by atoms with Gasteiger partial charge < -0.3 is 10.1 Å². The third kappa shape index (κ3) is 4.28. The standard InChI is InChI=1S/C19H27N3O2/c1-19(2,3)24-18(23)21-16-9-6-7-14(11-16)13-22-17-10-5-4-8-15(17)12-20-22/h4-5,8,10,12,14,16H,6-7,9,11,13H2,1-3H3,(H,21,23). The molecule has 5 nitrogen and oxygen atoms in total. The van der Waals surface area contributed by atoms with Crippen LogP contribution in [0.1, 0.15) is 46.5 Å². The lowest BCUT2D eigenvalue weighted by atomic mass is 9.85. The minimum absolute atomic E-state index is 0.195. The zero-order chi connectivity index (χ0) is 17.2. The van der Waals surface area contributed by atoms with E-state index in [0.29, 0.717) is 5.92 Å². The summed E-state index contributed by atoms with van der Waals surface area (Å²) in [6, 6.07) is 8.48. The van der Waals surface area contributed by atoms with E-state index in [1.54, 1.807) is 0 Å². The predicted molar refractivity (Wildman–Crippen MR) is 94.8 cm³/mol. The average Bonchev–Trinajstić information content (AvgIpc) is 2.89. The molecule has 3 rings (SSSR count). The van der Waals surface area contributed by atoms with Gasteiger partial charge in [0.1, 0.15) is 5.60 Å². The molecule has 24 heavy (non-hydrogen) atoms. The van der Waals surface area contributed by atoms with Crippen molar-refractivity contribution in [3.05, 3.63) is 30.5 Å². The lowest BCUT2D eigenvalue weighted by Gasteiger charge is -2.30. The number of fused-ring (bicyclic) bond motifs is 1. The minimum Gasteiger partial charge on any atom is -0.444 e. The number of amides is 1. The van der Waals surface area contributed by atoms with Gasteiger partial charge in [0.05, 0.1) is 11.7 Å². The number of hydrogen-bond donors (Lipinski definition) is 1. The van der Waals surface area contributed by atoms with E-state index in [0.717, 1.165) is 25.8 Å². The Hall–Kier alpha value is -2.04. The van der Waals surface area contributed by atoms with Gasteiger partial charge in [0, 0.05) is 18.0 Å². The van der Waals surface area contributed by atoms with Gasteiger partial charge in [0.25, 0.3) is 0 Å². The topological polar surface area (TPSA) is 56.1 Å². The highest BCUT2D eigenvalue weighted by atomic mass is 16.6. The van der Waals surface area contributed by atoms with Crippen LogP contribution in [0.4, 0.5) is 4.79 Å². The summed E-state index contributed by atoms with van der Waals surface area (Å²) in [5.41, 5.74) is 0.728. The quantitative estimate of drug-likeness (QED) is 0.921. The summed E-state index contributed by atoms with van der Waals surface area (Å²) in [4.78, 5) is 12.0. The summed E-state index contributed by atoms with van der Waals surface area (Å²) in [7, 11) is 0. The highest BCUT2D eigenvalue weighted by Crippen LogP contribution is 2.27. The predicted octanol–water partition coefficient (Wildman–Crippen LogP) is 4.12. The molecule has 1 amide bonds. The summed E-state index contributed by atoms with van der Waals surface area (Å²) in [5.74, 6) is 0.530. The number of rotatable bonds is 3. The molecule has 0 radical (unpaired) electrons. The van der Waals surface area contributed by atoms with Crippen LogP contribution >= 0.6 is 0 Å². The molecule has 1 aliphatic carbocycles. The first-order valence-electron chi connectivity index (χ1n) is 8.81. The van der Waals surface area contributed by atoms with Gasteiger partial charge in [-0.2, -0.15) is 5.10 Å². The van der Waals surface area contributed by atoms with E-state index < -0.39 is 5.60 Å². The van der Waals surface area contributed by atoms with E-state index in [4.69, 9.17) is 4.74 Å². The minimum atomic E-state index is -0.452. The Morgan fingerprint density at radius 3 is 2.92 bits per heavy atom. The fourth-order valence-electron chi connectivity index (χ4n) is 3.48. The number of nitrogens with zero attached hydrogens (tertiary/aromatic N) is 2. The molecule has 0 bridgehead atoms. The van der Waals surface area contributed by atoms with E-state index in [1.807, 2.05) is 39.1 Å². The van der Waals surface area contributed by atoms with Crippen molar-refractivity contribution in [1.82, 2.24) is 15.1 Å². The van der Waals surface area contributed by atoms with Crippen molar-refractivity contribution in [2.75, 3.05) is 0 Å². The van der Waals surface area contributed by atoms with Crippen molar-refractivity contribution >= 4 is 17.0 Å². The maximum atomic E-state index is 12.0. The number of carbonyl (C=O) groups excluding carboxylic acids is 1. The second-order valence-corrected chi connectivity index (χ2v) is 7.76. The van der Waals surface area contributed by atoms with Gasteiger partial charge in [-0.3, -0.25) is 4.68 Å². The van der Waals surface area contributed by atoms with Crippen molar-refractivity contribution in [3.8, 4) is 0 Å². The molecule has 0 aliphatic heterocycles. The SMILES string of the molecule is CC(C)(C)OC(=O)NC1CCCC(Cn2ncc3ccccc32)C1. The van der Waals surface area contributed by atoms with Crippen molar-refractivity contribution in [1.29, 1.82) is 0 Å². The van der Waals surface area contributed by atoms with E-state index in [2.05, 4.69) is 27.2 Å². The van der Waals surface area contributed by atoms with Crippen LogP contribution in [-0.2, 0) is 11.3 Å². The van der Waals surface area contributed by atoms with E-state index in [1.165, 1.54) is 17.3 Å². The normalized spacial score (nSPS) is 21.6. The fraction of sp³-hybridized carbons (Fsp3) is 0.579. The highest BCUT2D eigenvalue weighted by Gasteiger charge is 2.26. The van der Waals surface area contributed by atoms with Crippen LogP contribution in [0, 0.1) is 5.92 Å². The molecule has 2 atom stereocenters. The van der Waals surface area contributed by atoms with Crippen molar-refractivity contribution < 1.29 is 9.53 Å². The summed E-state index contributed by atoms with van der Waals surface area (Å²) in [6.07, 6.45) is 5.93. The van der Waals surface area contributed by atoms with Crippen molar-refractivity contribution in [3.63, 3.8) is 0 Å². The smallest absolute Gasteiger partial charge is 0.407 e. The van der Waals surface area contributed by atoms with Gasteiger partial charge in [-0.15, -0.1) is 0 Å². The molecule has 0 saturated heterocycles. The highest BCUT2D eigenvalue weighted by molar-refractivity contribution is 5.78. The summed E-state index contributed by atoms with van der Waals surface area (Å²) in [6.45, 7) is 6.57. The van der Waals surface area contributed by atoms with Gasteiger partial charge in [-0.05, 0) is 52.0 Å². The summed E-state index contributed by atoms with van der Waals surface area (Å²) < 4.78 is 7.46. The first kappa shape index (κ1) is 16.8. The van der Waals surface area contributed by atoms with E-state index >= 15 is 0 Å². The Morgan fingerprint density at radius 1 is 1.33 bits per heavy atom. The van der Waals surface area contributed by atoms with Crippen molar-refractivity contribution in [2.24, 2.45) is 5.92 Å². The van der Waals surface area contributed by atoms with E-state index in [9.17, 15) is 4.79 Å². The molecule has 130 valence electrons. The summed E-state index contributed by atoms with van der Waals surface area (Å²) in [5, 5.41) is 8.74. The van der Waals surface area contributed by atoms with Crippen molar-refractivity contribution in [2.45, 2.75) is 64.6 Å². The molecular formula is C19H27N3O2. The molecule has 1 fully saturated rings. The second-order valence-electron chi connectivity index (χ2n) is 7.76. The molecule has 1 aliphatic rings. The van der Waals surface area contributed by atoms with Crippen LogP contribution < -0.4 is 5.32 Å². The molecular weight excluding hydrogens is 302 g/mol. The molecule has 2 aromatic rings. The van der Waals surface area contributed by atoms with Crippen LogP contribution in [0.15, 0.2) is 30.5 Å². The second kappa shape index (κ2) is 6.83. The molecule has 0 spiro atoms. The van der Waals surface area contributed by atoms with Crippen LogP contribution in [0.25, 0.3) is 10.9 Å². The lowest BCUT2D eigenvalue weighted by molar-refractivity contribution is 0.0483. The largest absolute Gasteiger partial charge is 0.444 e.